The molecule has 3 aliphatic heterocycles. The van der Waals surface area contributed by atoms with E-state index in [1.54, 1.807) is 4.90 Å². The highest BCUT2D eigenvalue weighted by atomic mass is 16.6. The van der Waals surface area contributed by atoms with E-state index in [1.807, 2.05) is 39.8 Å². The maximum absolute atomic E-state index is 12.8. The second-order valence-corrected chi connectivity index (χ2v) is 10.7. The quantitative estimate of drug-likeness (QED) is 0.687. The predicted molar refractivity (Wildman–Crippen MR) is 128 cm³/mol. The number of carbonyl (C=O) groups excluding carboxylic acids is 2. The number of aliphatic imine (C=N–C) groups is 2. The molecule has 3 heterocycles. The van der Waals surface area contributed by atoms with Gasteiger partial charge in [-0.25, -0.2) is 14.8 Å². The number of oxime groups is 1. The van der Waals surface area contributed by atoms with Crippen molar-refractivity contribution in [3.05, 3.63) is 35.7 Å². The standard InChI is InChI=1S/C25H31N5O4/c1-15-14-33-29-22(26-15)17-5-7-25-12-18(25)11-20(27-19(25)10-17)28-21(31)9-16-6-8-30(13-16)23(32)34-24(2,3)4/h5,7,10-11,16,18H,6,8-9,12-14H2,1-4H3,(H,28,31)/t16-,18?,25?/m1/s1. The Hall–Kier alpha value is -3.23. The van der Waals surface area contributed by atoms with Crippen molar-refractivity contribution in [1.82, 2.24) is 10.2 Å². The van der Waals surface area contributed by atoms with Crippen LogP contribution in [-0.4, -0.2) is 59.5 Å². The Morgan fingerprint density at radius 1 is 1.32 bits per heavy atom. The zero-order valence-corrected chi connectivity index (χ0v) is 20.1. The van der Waals surface area contributed by atoms with Crippen LogP contribution in [0.2, 0.25) is 0 Å². The van der Waals surface area contributed by atoms with Crippen LogP contribution < -0.4 is 5.32 Å². The van der Waals surface area contributed by atoms with Crippen molar-refractivity contribution in [2.75, 3.05) is 19.7 Å². The van der Waals surface area contributed by atoms with Gasteiger partial charge in [-0.3, -0.25) is 4.79 Å². The summed E-state index contributed by atoms with van der Waals surface area (Å²) in [5, 5.41) is 7.05. The van der Waals surface area contributed by atoms with E-state index in [1.165, 1.54) is 0 Å². The number of nitrogens with one attached hydrogen (secondary N) is 1. The minimum Gasteiger partial charge on any atom is -0.444 e. The van der Waals surface area contributed by atoms with E-state index >= 15 is 0 Å². The van der Waals surface area contributed by atoms with E-state index in [2.05, 4.69) is 27.6 Å². The molecule has 2 unspecified atom stereocenters. The number of rotatable bonds is 4. The number of nitrogens with zero attached hydrogens (tertiary/aromatic N) is 4. The van der Waals surface area contributed by atoms with Gasteiger partial charge in [0.15, 0.2) is 12.4 Å². The van der Waals surface area contributed by atoms with Crippen LogP contribution in [0.15, 0.2) is 50.8 Å². The first-order valence-corrected chi connectivity index (χ1v) is 11.9. The summed E-state index contributed by atoms with van der Waals surface area (Å²) < 4.78 is 5.45. The van der Waals surface area contributed by atoms with Gasteiger partial charge in [-0.2, -0.15) is 0 Å². The third-order valence-corrected chi connectivity index (χ3v) is 6.65. The zero-order chi connectivity index (χ0) is 24.1. The van der Waals surface area contributed by atoms with Gasteiger partial charge in [-0.05, 0) is 64.5 Å². The first-order valence-electron chi connectivity index (χ1n) is 11.9. The Balaban J connectivity index is 1.20. The third kappa shape index (κ3) is 4.56. The minimum atomic E-state index is -0.526. The molecule has 9 heteroatoms. The summed E-state index contributed by atoms with van der Waals surface area (Å²) in [7, 11) is 0. The fourth-order valence-corrected chi connectivity index (χ4v) is 4.84. The van der Waals surface area contributed by atoms with Crippen LogP contribution in [0.5, 0.6) is 0 Å². The Bertz CT molecular complexity index is 1110. The van der Waals surface area contributed by atoms with Crippen molar-refractivity contribution in [3.8, 4) is 0 Å². The second-order valence-electron chi connectivity index (χ2n) is 10.7. The molecular formula is C25H31N5O4. The lowest BCUT2D eigenvalue weighted by molar-refractivity contribution is -0.121. The molecule has 0 aromatic heterocycles. The summed E-state index contributed by atoms with van der Waals surface area (Å²) in [6, 6.07) is 0. The number of amides is 2. The lowest BCUT2D eigenvalue weighted by atomic mass is 9.87. The van der Waals surface area contributed by atoms with Gasteiger partial charge in [0.25, 0.3) is 0 Å². The zero-order valence-electron chi connectivity index (χ0n) is 20.1. The Labute approximate surface area is 199 Å². The summed E-state index contributed by atoms with van der Waals surface area (Å²) in [6.07, 6.45) is 10.1. The van der Waals surface area contributed by atoms with Crippen molar-refractivity contribution in [2.24, 2.45) is 32.4 Å². The van der Waals surface area contributed by atoms with Gasteiger partial charge < -0.3 is 19.8 Å². The van der Waals surface area contributed by atoms with Gasteiger partial charge in [0.05, 0.1) is 11.4 Å². The van der Waals surface area contributed by atoms with Gasteiger partial charge in [0.1, 0.15) is 11.4 Å². The van der Waals surface area contributed by atoms with Gasteiger partial charge in [0, 0.05) is 30.5 Å². The van der Waals surface area contributed by atoms with Gasteiger partial charge in [0.2, 0.25) is 5.91 Å². The van der Waals surface area contributed by atoms with E-state index in [0.29, 0.717) is 43.7 Å². The lowest BCUT2D eigenvalue weighted by Crippen LogP contribution is -2.35. The Kier molecular flexibility index (Phi) is 5.45. The summed E-state index contributed by atoms with van der Waals surface area (Å²) in [5.74, 6) is 1.49. The molecule has 1 N–H and O–H groups in total. The largest absolute Gasteiger partial charge is 0.444 e. The first-order chi connectivity index (χ1) is 16.1. The SMILES string of the molecule is CC1=NC(C2=CC3=NC(NC(=O)C[C@H]4CCN(C(=O)OC(C)(C)C)C4)=CC4CC34C=C2)=NOC1. The van der Waals surface area contributed by atoms with Gasteiger partial charge in [-0.15, -0.1) is 0 Å². The van der Waals surface area contributed by atoms with E-state index in [0.717, 1.165) is 29.8 Å². The van der Waals surface area contributed by atoms with Crippen molar-refractivity contribution in [3.63, 3.8) is 0 Å². The second kappa shape index (κ2) is 8.21. The number of amidine groups is 1. The molecule has 9 nitrogen and oxygen atoms in total. The predicted octanol–water partition coefficient (Wildman–Crippen LogP) is 3.35. The van der Waals surface area contributed by atoms with Crippen LogP contribution >= 0.6 is 0 Å². The minimum absolute atomic E-state index is 0.0774. The fraction of sp³-hybridized carbons (Fsp3) is 0.560. The van der Waals surface area contributed by atoms with Crippen LogP contribution in [-0.2, 0) is 14.4 Å². The van der Waals surface area contributed by atoms with E-state index in [-0.39, 0.29) is 23.3 Å². The Morgan fingerprint density at radius 3 is 2.91 bits per heavy atom. The average Bonchev–Trinajstić information content (AvgIpc) is 3.25. The normalized spacial score (nSPS) is 29.4. The molecule has 5 aliphatic rings. The molecule has 34 heavy (non-hydrogen) atoms. The van der Waals surface area contributed by atoms with Crippen molar-refractivity contribution in [2.45, 2.75) is 52.6 Å². The number of hydrogen-bond donors (Lipinski definition) is 1. The molecule has 0 radical (unpaired) electrons. The van der Waals surface area contributed by atoms with Crippen molar-refractivity contribution >= 4 is 29.3 Å². The number of allylic oxidation sites excluding steroid dienone is 3. The number of carbonyl (C=O) groups is 2. The monoisotopic (exact) mass is 465 g/mol. The summed E-state index contributed by atoms with van der Waals surface area (Å²) in [6.45, 7) is 9.01. The highest BCUT2D eigenvalue weighted by Gasteiger charge is 2.57. The van der Waals surface area contributed by atoms with Crippen molar-refractivity contribution < 1.29 is 19.2 Å². The molecule has 0 bridgehead atoms. The summed E-state index contributed by atoms with van der Waals surface area (Å²) in [4.78, 5) is 41.2. The molecule has 2 fully saturated rings. The van der Waals surface area contributed by atoms with Crippen LogP contribution in [0.25, 0.3) is 0 Å². The topological polar surface area (TPSA) is 105 Å². The number of hydrogen-bond acceptors (Lipinski definition) is 7. The number of ether oxygens (including phenoxy) is 1. The van der Waals surface area contributed by atoms with E-state index in [9.17, 15) is 9.59 Å². The molecule has 0 aromatic carbocycles. The molecule has 2 amide bonds. The van der Waals surface area contributed by atoms with Gasteiger partial charge >= 0.3 is 6.09 Å². The van der Waals surface area contributed by atoms with E-state index < -0.39 is 5.60 Å². The smallest absolute Gasteiger partial charge is 0.410 e. The first kappa shape index (κ1) is 22.6. The average molecular weight is 466 g/mol. The van der Waals surface area contributed by atoms with E-state index in [4.69, 9.17) is 14.6 Å². The maximum Gasteiger partial charge on any atom is 0.410 e. The van der Waals surface area contributed by atoms with Crippen molar-refractivity contribution in [1.29, 1.82) is 0 Å². The fourth-order valence-electron chi connectivity index (χ4n) is 4.84. The van der Waals surface area contributed by atoms with Crippen LogP contribution in [0.1, 0.15) is 47.0 Å². The molecule has 0 aromatic rings. The van der Waals surface area contributed by atoms with Crippen LogP contribution in [0.4, 0.5) is 4.79 Å². The molecule has 180 valence electrons. The number of likely N-dealkylation sites (tertiary alicyclic amines) is 1. The third-order valence-electron chi connectivity index (χ3n) is 6.65. The lowest BCUT2D eigenvalue weighted by Gasteiger charge is -2.24. The molecule has 1 saturated carbocycles. The maximum atomic E-state index is 12.8. The molecule has 2 aliphatic carbocycles. The van der Waals surface area contributed by atoms with Gasteiger partial charge in [-0.1, -0.05) is 17.3 Å². The van der Waals surface area contributed by atoms with Crippen LogP contribution in [0.3, 0.4) is 0 Å². The molecule has 1 spiro atoms. The summed E-state index contributed by atoms with van der Waals surface area (Å²) >= 11 is 0. The summed E-state index contributed by atoms with van der Waals surface area (Å²) in [5.41, 5.74) is 2.05. The Morgan fingerprint density at radius 2 is 2.15 bits per heavy atom. The molecule has 3 atom stereocenters. The highest BCUT2D eigenvalue weighted by Crippen LogP contribution is 2.59. The highest BCUT2D eigenvalue weighted by molar-refractivity contribution is 6.16. The molecular weight excluding hydrogens is 434 g/mol. The van der Waals surface area contributed by atoms with Crippen LogP contribution in [0, 0.1) is 17.3 Å². The molecule has 5 rings (SSSR count). The molecule has 1 saturated heterocycles.